The molecule has 1 aromatic heterocycles. The first-order valence-electron chi connectivity index (χ1n) is 5.56. The molecule has 2 rings (SSSR count). The molecule has 2 aromatic rings. The predicted octanol–water partition coefficient (Wildman–Crippen LogP) is 0.994. The Kier molecular flexibility index (Phi) is 3.24. The second-order valence-corrected chi connectivity index (χ2v) is 4.20. The number of hydrogen-bond acceptors (Lipinski definition) is 3. The Morgan fingerprint density at radius 3 is 2.40 bits per heavy atom. The lowest BCUT2D eigenvalue weighted by Gasteiger charge is -2.10. The Bertz CT molecular complexity index is 860. The summed E-state index contributed by atoms with van der Waals surface area (Å²) in [5.41, 5.74) is -2.19. The fourth-order valence-corrected chi connectivity index (χ4v) is 1.75. The van der Waals surface area contributed by atoms with Gasteiger partial charge in [0.25, 0.3) is 5.56 Å². The number of nitriles is 1. The average molecular weight is 277 g/mol. The van der Waals surface area contributed by atoms with Crippen LogP contribution in [0.1, 0.15) is 11.3 Å². The molecule has 1 heterocycles. The van der Waals surface area contributed by atoms with Crippen LogP contribution in [-0.2, 0) is 7.05 Å². The fourth-order valence-electron chi connectivity index (χ4n) is 1.75. The van der Waals surface area contributed by atoms with Crippen LogP contribution in [0.5, 0.6) is 0 Å². The highest BCUT2D eigenvalue weighted by atomic mass is 19.1. The summed E-state index contributed by atoms with van der Waals surface area (Å²) in [4.78, 5) is 23.8. The van der Waals surface area contributed by atoms with Crippen molar-refractivity contribution < 1.29 is 8.78 Å². The summed E-state index contributed by atoms with van der Waals surface area (Å²) >= 11 is 0. The number of benzene rings is 1. The molecule has 7 heteroatoms. The third-order valence-electron chi connectivity index (χ3n) is 2.96. The van der Waals surface area contributed by atoms with E-state index in [-0.39, 0.29) is 0 Å². The van der Waals surface area contributed by atoms with E-state index in [2.05, 4.69) is 0 Å². The highest BCUT2D eigenvalue weighted by Crippen LogP contribution is 2.16. The number of aromatic nitrogens is 2. The number of rotatable bonds is 1. The minimum Gasteiger partial charge on any atom is -0.301 e. The van der Waals surface area contributed by atoms with E-state index in [4.69, 9.17) is 5.26 Å². The molecule has 5 nitrogen and oxygen atoms in total. The Balaban J connectivity index is 2.87. The predicted molar refractivity (Wildman–Crippen MR) is 66.6 cm³/mol. The highest BCUT2D eigenvalue weighted by Gasteiger charge is 2.16. The first-order valence-corrected chi connectivity index (χ1v) is 5.56. The summed E-state index contributed by atoms with van der Waals surface area (Å²) in [6.07, 6.45) is 0. The zero-order chi connectivity index (χ0) is 15.0. The van der Waals surface area contributed by atoms with Gasteiger partial charge < -0.3 is 4.57 Å². The lowest BCUT2D eigenvalue weighted by molar-refractivity contribution is 0.580. The van der Waals surface area contributed by atoms with Crippen LogP contribution in [0.2, 0.25) is 0 Å². The molecule has 1 aromatic carbocycles. The first kappa shape index (κ1) is 13.7. The molecule has 102 valence electrons. The molecule has 0 aliphatic carbocycles. The monoisotopic (exact) mass is 277 g/mol. The molecule has 0 bridgehead atoms. The van der Waals surface area contributed by atoms with E-state index in [9.17, 15) is 18.4 Å². The van der Waals surface area contributed by atoms with Crippen molar-refractivity contribution >= 4 is 0 Å². The van der Waals surface area contributed by atoms with Crippen LogP contribution in [0.15, 0.2) is 27.8 Å². The molecule has 0 radical (unpaired) electrons. The number of halogens is 2. The molecule has 20 heavy (non-hydrogen) atoms. The molecule has 0 unspecified atom stereocenters. The van der Waals surface area contributed by atoms with Crippen molar-refractivity contribution in [1.82, 2.24) is 9.13 Å². The molecule has 0 atom stereocenters. The normalized spacial score (nSPS) is 10.3. The number of hydrogen-bond donors (Lipinski definition) is 0. The van der Waals surface area contributed by atoms with Gasteiger partial charge >= 0.3 is 5.69 Å². The van der Waals surface area contributed by atoms with Crippen molar-refractivity contribution in [3.8, 4) is 11.8 Å². The van der Waals surface area contributed by atoms with E-state index in [0.29, 0.717) is 22.4 Å². The Morgan fingerprint density at radius 2 is 1.80 bits per heavy atom. The second-order valence-electron chi connectivity index (χ2n) is 4.20. The molecular weight excluding hydrogens is 268 g/mol. The summed E-state index contributed by atoms with van der Waals surface area (Å²) in [5.74, 6) is -2.02. The van der Waals surface area contributed by atoms with Crippen molar-refractivity contribution in [3.05, 3.63) is 61.9 Å². The summed E-state index contributed by atoms with van der Waals surface area (Å²) in [5, 5.41) is 8.60. The van der Waals surface area contributed by atoms with Crippen molar-refractivity contribution in [2.24, 2.45) is 7.05 Å². The van der Waals surface area contributed by atoms with Gasteiger partial charge in [-0.1, -0.05) is 0 Å². The van der Waals surface area contributed by atoms with E-state index in [0.717, 1.165) is 10.6 Å². The highest BCUT2D eigenvalue weighted by molar-refractivity contribution is 5.42. The minimum absolute atomic E-state index is 0.394. The van der Waals surface area contributed by atoms with E-state index in [1.165, 1.54) is 13.1 Å². The van der Waals surface area contributed by atoms with Crippen LogP contribution in [0.4, 0.5) is 8.78 Å². The molecule has 0 aliphatic heterocycles. The van der Waals surface area contributed by atoms with E-state index >= 15 is 0 Å². The minimum atomic E-state index is -1.02. The second kappa shape index (κ2) is 4.74. The van der Waals surface area contributed by atoms with E-state index < -0.39 is 34.1 Å². The third kappa shape index (κ3) is 2.01. The van der Waals surface area contributed by atoms with Crippen molar-refractivity contribution in [1.29, 1.82) is 5.26 Å². The van der Waals surface area contributed by atoms with Gasteiger partial charge in [-0.3, -0.25) is 4.79 Å². The molecule has 0 amide bonds. The van der Waals surface area contributed by atoms with Gasteiger partial charge in [0.2, 0.25) is 0 Å². The zero-order valence-corrected chi connectivity index (χ0v) is 10.6. The molecule has 0 saturated heterocycles. The van der Waals surface area contributed by atoms with Crippen molar-refractivity contribution in [2.75, 3.05) is 0 Å². The maximum Gasteiger partial charge on any atom is 0.335 e. The smallest absolute Gasteiger partial charge is 0.301 e. The van der Waals surface area contributed by atoms with Gasteiger partial charge in [0.05, 0.1) is 11.3 Å². The Morgan fingerprint density at radius 1 is 1.15 bits per heavy atom. The standard InChI is InChI=1S/C13H9F2N3O2/c1-7-3-12(19)18(13(20)17(7)2)11-5-9(14)8(6-16)4-10(11)15/h3-5H,1-2H3. The van der Waals surface area contributed by atoms with Gasteiger partial charge in [-0.15, -0.1) is 0 Å². The lowest BCUT2D eigenvalue weighted by atomic mass is 10.2. The topological polar surface area (TPSA) is 67.8 Å². The molecule has 0 saturated carbocycles. The van der Waals surface area contributed by atoms with Crippen LogP contribution in [0, 0.1) is 29.9 Å². The van der Waals surface area contributed by atoms with Crippen molar-refractivity contribution in [2.45, 2.75) is 6.92 Å². The van der Waals surface area contributed by atoms with Crippen LogP contribution in [-0.4, -0.2) is 9.13 Å². The molecular formula is C13H9F2N3O2. The Labute approximate surface area is 111 Å². The van der Waals surface area contributed by atoms with Crippen molar-refractivity contribution in [3.63, 3.8) is 0 Å². The maximum atomic E-state index is 13.9. The maximum absolute atomic E-state index is 13.9. The van der Waals surface area contributed by atoms with Gasteiger partial charge in [-0.25, -0.2) is 18.1 Å². The Hall–Kier alpha value is -2.75. The number of aryl methyl sites for hydroxylation is 1. The van der Waals surface area contributed by atoms with E-state index in [1.807, 2.05) is 0 Å². The summed E-state index contributed by atoms with van der Waals surface area (Å²) < 4.78 is 29.1. The largest absolute Gasteiger partial charge is 0.335 e. The van der Waals surface area contributed by atoms with Gasteiger partial charge in [0.15, 0.2) is 0 Å². The molecule has 0 spiro atoms. The SMILES string of the molecule is Cc1cc(=O)n(-c2cc(F)c(C#N)cc2F)c(=O)n1C. The third-order valence-corrected chi connectivity index (χ3v) is 2.96. The summed E-state index contributed by atoms with van der Waals surface area (Å²) in [6.45, 7) is 1.54. The van der Waals surface area contributed by atoms with Crippen LogP contribution >= 0.6 is 0 Å². The van der Waals surface area contributed by atoms with Gasteiger partial charge in [0, 0.05) is 24.9 Å². The zero-order valence-electron chi connectivity index (χ0n) is 10.6. The summed E-state index contributed by atoms with van der Waals surface area (Å²) in [7, 11) is 1.41. The average Bonchev–Trinajstić information content (AvgIpc) is 2.39. The number of nitrogens with zero attached hydrogens (tertiary/aromatic N) is 3. The molecule has 0 fully saturated rings. The van der Waals surface area contributed by atoms with Gasteiger partial charge in [-0.2, -0.15) is 5.26 Å². The molecule has 0 aliphatic rings. The first-order chi connectivity index (χ1) is 9.36. The lowest BCUT2D eigenvalue weighted by Crippen LogP contribution is -2.38. The van der Waals surface area contributed by atoms with E-state index in [1.54, 1.807) is 6.92 Å². The van der Waals surface area contributed by atoms with Crippen LogP contribution < -0.4 is 11.2 Å². The summed E-state index contributed by atoms with van der Waals surface area (Å²) in [6, 6.07) is 3.92. The van der Waals surface area contributed by atoms with Crippen LogP contribution in [0.25, 0.3) is 5.69 Å². The fraction of sp³-hybridized carbons (Fsp3) is 0.154. The van der Waals surface area contributed by atoms with Gasteiger partial charge in [-0.05, 0) is 13.0 Å². The van der Waals surface area contributed by atoms with Crippen LogP contribution in [0.3, 0.4) is 0 Å². The van der Waals surface area contributed by atoms with Gasteiger partial charge in [0.1, 0.15) is 17.7 Å². The molecule has 0 N–H and O–H groups in total. The quantitative estimate of drug-likeness (QED) is 0.780.